The van der Waals surface area contributed by atoms with Crippen LogP contribution in [0.5, 0.6) is 0 Å². The third kappa shape index (κ3) is 7.17. The van der Waals surface area contributed by atoms with Crippen LogP contribution in [0.15, 0.2) is 22.5 Å². The highest BCUT2D eigenvalue weighted by Gasteiger charge is 2.21. The average Bonchev–Trinajstić information content (AvgIpc) is 3.14. The second-order valence-electron chi connectivity index (χ2n) is 6.62. The smallest absolute Gasteiger partial charge is 0.230 e. The fraction of sp³-hybridized carbons (Fsp3) is 0.444. The number of halogens is 2. The minimum absolute atomic E-state index is 0.113. The Morgan fingerprint density at radius 1 is 1.43 bits per heavy atom. The van der Waals surface area contributed by atoms with Gasteiger partial charge in [0.15, 0.2) is 4.34 Å². The van der Waals surface area contributed by atoms with Crippen molar-refractivity contribution in [2.45, 2.75) is 23.9 Å². The van der Waals surface area contributed by atoms with Crippen LogP contribution in [0.3, 0.4) is 0 Å². The van der Waals surface area contributed by atoms with Gasteiger partial charge in [0.1, 0.15) is 5.82 Å². The van der Waals surface area contributed by atoms with E-state index in [4.69, 9.17) is 16.3 Å². The summed E-state index contributed by atoms with van der Waals surface area (Å²) < 4.78 is 19.6. The summed E-state index contributed by atoms with van der Waals surface area (Å²) in [6.07, 6.45) is -0.128. The number of carbonyl (C=O) groups is 2. The molecule has 3 rings (SSSR count). The molecule has 1 aromatic carbocycles. The van der Waals surface area contributed by atoms with Crippen LogP contribution < -0.4 is 10.6 Å². The maximum atomic E-state index is 13.3. The van der Waals surface area contributed by atoms with Gasteiger partial charge in [-0.3, -0.25) is 14.5 Å². The second-order valence-corrected chi connectivity index (χ2v) is 9.23. The maximum absolute atomic E-state index is 13.3. The van der Waals surface area contributed by atoms with Crippen LogP contribution >= 0.6 is 34.7 Å². The number of hydrogen-bond donors (Lipinski definition) is 2. The first-order chi connectivity index (χ1) is 14.4. The molecule has 0 bridgehead atoms. The van der Waals surface area contributed by atoms with Gasteiger partial charge in [-0.2, -0.15) is 0 Å². The van der Waals surface area contributed by atoms with E-state index in [1.165, 1.54) is 36.1 Å². The van der Waals surface area contributed by atoms with Gasteiger partial charge in [0.2, 0.25) is 16.9 Å². The molecule has 0 aliphatic carbocycles. The van der Waals surface area contributed by atoms with Crippen molar-refractivity contribution >= 4 is 51.6 Å². The molecule has 30 heavy (non-hydrogen) atoms. The predicted molar refractivity (Wildman–Crippen MR) is 114 cm³/mol. The minimum Gasteiger partial charge on any atom is -0.374 e. The van der Waals surface area contributed by atoms with Crippen molar-refractivity contribution in [1.29, 1.82) is 0 Å². The molecule has 1 aliphatic heterocycles. The number of ether oxygens (including phenoxy) is 1. The topological polar surface area (TPSA) is 96.5 Å². The molecule has 0 saturated carbocycles. The molecular formula is C18H21ClFN5O3S2. The number of amides is 2. The van der Waals surface area contributed by atoms with E-state index < -0.39 is 5.82 Å². The van der Waals surface area contributed by atoms with E-state index in [0.29, 0.717) is 35.7 Å². The Bertz CT molecular complexity index is 900. The third-order valence-corrected chi connectivity index (χ3v) is 6.42. The zero-order valence-electron chi connectivity index (χ0n) is 16.2. The van der Waals surface area contributed by atoms with Gasteiger partial charge in [-0.15, -0.1) is 10.2 Å². The summed E-state index contributed by atoms with van der Waals surface area (Å²) in [5, 5.41) is 13.7. The van der Waals surface area contributed by atoms with Crippen LogP contribution in [0, 0.1) is 5.82 Å². The van der Waals surface area contributed by atoms with Gasteiger partial charge in [0.05, 0.1) is 23.5 Å². The van der Waals surface area contributed by atoms with Gasteiger partial charge < -0.3 is 15.4 Å². The monoisotopic (exact) mass is 473 g/mol. The number of thioether (sulfide) groups is 1. The summed E-state index contributed by atoms with van der Waals surface area (Å²) >= 11 is 8.32. The third-order valence-electron chi connectivity index (χ3n) is 4.16. The van der Waals surface area contributed by atoms with Crippen LogP contribution in [-0.2, 0) is 20.9 Å². The SMILES string of the molecule is CC(=O)Nc1nnc(SCC(=O)NC[C@H]2CN(Cc3ccc(F)c(Cl)c3)CCO2)s1. The van der Waals surface area contributed by atoms with Gasteiger partial charge in [0, 0.05) is 33.1 Å². The number of aromatic nitrogens is 2. The highest BCUT2D eigenvalue weighted by Crippen LogP contribution is 2.25. The lowest BCUT2D eigenvalue weighted by Crippen LogP contribution is -2.47. The quantitative estimate of drug-likeness (QED) is 0.449. The van der Waals surface area contributed by atoms with E-state index in [1.54, 1.807) is 12.1 Å². The summed E-state index contributed by atoms with van der Waals surface area (Å²) in [6, 6.07) is 4.71. The molecule has 0 radical (unpaired) electrons. The first kappa shape index (κ1) is 22.9. The van der Waals surface area contributed by atoms with Crippen LogP contribution in [0.25, 0.3) is 0 Å². The summed E-state index contributed by atoms with van der Waals surface area (Å²) in [5.74, 6) is -0.591. The molecular weight excluding hydrogens is 453 g/mol. The Hall–Kier alpha value is -1.79. The van der Waals surface area contributed by atoms with Gasteiger partial charge in [-0.25, -0.2) is 4.39 Å². The van der Waals surface area contributed by atoms with Crippen molar-refractivity contribution < 1.29 is 18.7 Å². The lowest BCUT2D eigenvalue weighted by atomic mass is 10.2. The van der Waals surface area contributed by atoms with E-state index >= 15 is 0 Å². The van der Waals surface area contributed by atoms with Crippen molar-refractivity contribution in [2.24, 2.45) is 0 Å². The number of anilines is 1. The highest BCUT2D eigenvalue weighted by molar-refractivity contribution is 8.01. The zero-order chi connectivity index (χ0) is 21.5. The molecule has 162 valence electrons. The molecule has 2 heterocycles. The lowest BCUT2D eigenvalue weighted by Gasteiger charge is -2.33. The number of nitrogens with zero attached hydrogens (tertiary/aromatic N) is 3. The maximum Gasteiger partial charge on any atom is 0.230 e. The van der Waals surface area contributed by atoms with E-state index in [9.17, 15) is 14.0 Å². The molecule has 1 atom stereocenters. The Morgan fingerprint density at radius 2 is 2.27 bits per heavy atom. The molecule has 0 spiro atoms. The largest absolute Gasteiger partial charge is 0.374 e. The molecule has 1 aromatic heterocycles. The Morgan fingerprint density at radius 3 is 3.03 bits per heavy atom. The van der Waals surface area contributed by atoms with Gasteiger partial charge in [-0.05, 0) is 17.7 Å². The molecule has 1 fully saturated rings. The highest BCUT2D eigenvalue weighted by atomic mass is 35.5. The predicted octanol–water partition coefficient (Wildman–Crippen LogP) is 2.40. The van der Waals surface area contributed by atoms with Crippen LogP contribution in [0.2, 0.25) is 5.02 Å². The number of morpholine rings is 1. The Kier molecular flexibility index (Phi) is 8.40. The molecule has 1 aliphatic rings. The van der Waals surface area contributed by atoms with E-state index in [-0.39, 0.29) is 28.7 Å². The molecule has 2 amide bonds. The van der Waals surface area contributed by atoms with Crippen molar-refractivity contribution in [2.75, 3.05) is 37.3 Å². The standard InChI is InChI=1S/C18H21ClFN5O3S2/c1-11(26)22-17-23-24-18(30-17)29-10-16(27)21-7-13-9-25(4-5-28-13)8-12-2-3-15(20)14(19)6-12/h2-3,6,13H,4-5,7-10H2,1H3,(H,21,27)(H,22,23,26)/t13-/m0/s1. The molecule has 2 N–H and O–H groups in total. The van der Waals surface area contributed by atoms with Crippen LogP contribution in [0.1, 0.15) is 12.5 Å². The van der Waals surface area contributed by atoms with E-state index in [2.05, 4.69) is 25.7 Å². The number of carbonyl (C=O) groups excluding carboxylic acids is 2. The van der Waals surface area contributed by atoms with Gasteiger partial charge in [0.25, 0.3) is 0 Å². The molecule has 1 saturated heterocycles. The van der Waals surface area contributed by atoms with Crippen molar-refractivity contribution in [3.63, 3.8) is 0 Å². The first-order valence-electron chi connectivity index (χ1n) is 9.17. The molecule has 2 aromatic rings. The Balaban J connectivity index is 1.39. The normalized spacial score (nSPS) is 17.0. The molecule has 8 nitrogen and oxygen atoms in total. The summed E-state index contributed by atoms with van der Waals surface area (Å²) in [5.41, 5.74) is 0.929. The van der Waals surface area contributed by atoms with Crippen molar-refractivity contribution in [1.82, 2.24) is 20.4 Å². The number of hydrogen-bond acceptors (Lipinski definition) is 8. The minimum atomic E-state index is -0.430. The summed E-state index contributed by atoms with van der Waals surface area (Å²) in [6.45, 7) is 4.39. The van der Waals surface area contributed by atoms with Crippen molar-refractivity contribution in [3.05, 3.63) is 34.6 Å². The fourth-order valence-electron chi connectivity index (χ4n) is 2.82. The van der Waals surface area contributed by atoms with Gasteiger partial charge in [-0.1, -0.05) is 40.8 Å². The summed E-state index contributed by atoms with van der Waals surface area (Å²) in [7, 11) is 0. The zero-order valence-corrected chi connectivity index (χ0v) is 18.6. The molecule has 0 unspecified atom stereocenters. The number of rotatable bonds is 8. The van der Waals surface area contributed by atoms with Crippen molar-refractivity contribution in [3.8, 4) is 0 Å². The second kappa shape index (κ2) is 11.0. The average molecular weight is 474 g/mol. The first-order valence-corrected chi connectivity index (χ1v) is 11.4. The van der Waals surface area contributed by atoms with E-state index in [1.807, 2.05) is 0 Å². The fourth-order valence-corrected chi connectivity index (χ4v) is 4.65. The lowest BCUT2D eigenvalue weighted by molar-refractivity contribution is -0.119. The number of nitrogens with one attached hydrogen (secondary N) is 2. The van der Waals surface area contributed by atoms with E-state index in [0.717, 1.165) is 12.1 Å². The Labute approximate surface area is 186 Å². The summed E-state index contributed by atoms with van der Waals surface area (Å²) in [4.78, 5) is 25.3. The van der Waals surface area contributed by atoms with Crippen LogP contribution in [0.4, 0.5) is 9.52 Å². The van der Waals surface area contributed by atoms with Gasteiger partial charge >= 0.3 is 0 Å². The number of benzene rings is 1. The molecule has 12 heteroatoms. The van der Waals surface area contributed by atoms with Crippen LogP contribution in [-0.4, -0.2) is 65.0 Å².